The molecule has 1 aliphatic heterocycles. The molecule has 0 aliphatic carbocycles. The number of fused-ring (bicyclic) bond motifs is 1. The summed E-state index contributed by atoms with van der Waals surface area (Å²) in [4.78, 5) is 24.7. The fraction of sp³-hybridized carbons (Fsp3) is 0.158. The number of nitrogen functional groups attached to an aromatic ring is 2. The van der Waals surface area contributed by atoms with Crippen LogP contribution in [0.3, 0.4) is 0 Å². The zero-order valence-electron chi connectivity index (χ0n) is 16.5. The number of benzene rings is 1. The van der Waals surface area contributed by atoms with E-state index in [4.69, 9.17) is 17.4 Å². The Morgan fingerprint density at radius 1 is 0.903 bits per heavy atom. The fourth-order valence-electron chi connectivity index (χ4n) is 2.88. The van der Waals surface area contributed by atoms with Gasteiger partial charge in [0, 0.05) is 25.1 Å². The van der Waals surface area contributed by atoms with E-state index in [1.165, 1.54) is 12.1 Å². The van der Waals surface area contributed by atoms with Gasteiger partial charge in [0.25, 0.3) is 11.8 Å². The molecule has 0 fully saturated rings. The van der Waals surface area contributed by atoms with Crippen LogP contribution in [-0.2, 0) is 13.0 Å². The van der Waals surface area contributed by atoms with Crippen LogP contribution >= 0.6 is 0 Å². The van der Waals surface area contributed by atoms with E-state index >= 15 is 0 Å². The molecule has 160 valence electrons. The van der Waals surface area contributed by atoms with Crippen LogP contribution in [0.15, 0.2) is 48.5 Å². The van der Waals surface area contributed by atoms with Crippen molar-refractivity contribution in [3.8, 4) is 0 Å². The Kier molecular flexibility index (Phi) is 6.98. The lowest BCUT2D eigenvalue weighted by Gasteiger charge is -2.28. The van der Waals surface area contributed by atoms with Crippen molar-refractivity contribution in [1.29, 1.82) is 0 Å². The van der Waals surface area contributed by atoms with Crippen molar-refractivity contribution in [1.82, 2.24) is 25.3 Å². The molecule has 31 heavy (non-hydrogen) atoms. The van der Waals surface area contributed by atoms with Gasteiger partial charge in [0.05, 0.1) is 5.69 Å². The van der Waals surface area contributed by atoms with Gasteiger partial charge in [-0.3, -0.25) is 9.59 Å². The van der Waals surface area contributed by atoms with Crippen LogP contribution in [0.25, 0.3) is 0 Å². The molecule has 0 atom stereocenters. The number of aromatic nitrogens is 4. The standard InChI is InChI=1S/C14H15N5O.C5H7N5O/c15-16-13-8-11-9-19(7-6-12(11)17-18-13)14(20)10-4-2-1-3-5-10;6-5(11)3-1-2-4(8-7)10-9-3/h1-5,8H,6-7,9,15H2,(H,16,18);1-2H,7H2,(H2,6,11)(H,8,10). The lowest BCUT2D eigenvalue weighted by molar-refractivity contribution is 0.0733. The van der Waals surface area contributed by atoms with Crippen molar-refractivity contribution in [2.75, 3.05) is 17.4 Å². The zero-order chi connectivity index (χ0) is 22.2. The summed E-state index contributed by atoms with van der Waals surface area (Å²) in [7, 11) is 0. The van der Waals surface area contributed by atoms with Crippen LogP contribution in [0.5, 0.6) is 0 Å². The Balaban J connectivity index is 0.000000210. The summed E-state index contributed by atoms with van der Waals surface area (Å²) in [6.45, 7) is 1.19. The molecule has 2 amide bonds. The summed E-state index contributed by atoms with van der Waals surface area (Å²) in [6, 6.07) is 14.1. The number of nitrogens with zero attached hydrogens (tertiary/aromatic N) is 5. The van der Waals surface area contributed by atoms with E-state index in [9.17, 15) is 9.59 Å². The quantitative estimate of drug-likeness (QED) is 0.278. The predicted molar refractivity (Wildman–Crippen MR) is 113 cm³/mol. The molecule has 1 aromatic carbocycles. The summed E-state index contributed by atoms with van der Waals surface area (Å²) in [5, 5.41) is 15.1. The second kappa shape index (κ2) is 10.0. The highest BCUT2D eigenvalue weighted by molar-refractivity contribution is 5.94. The third-order valence-corrected chi connectivity index (χ3v) is 4.46. The third kappa shape index (κ3) is 5.46. The molecule has 4 rings (SSSR count). The van der Waals surface area contributed by atoms with Gasteiger partial charge >= 0.3 is 0 Å². The molecule has 0 saturated heterocycles. The molecule has 3 heterocycles. The van der Waals surface area contributed by atoms with E-state index in [2.05, 4.69) is 31.2 Å². The normalized spacial score (nSPS) is 12.1. The Morgan fingerprint density at radius 3 is 2.23 bits per heavy atom. The van der Waals surface area contributed by atoms with Gasteiger partial charge in [-0.15, -0.1) is 15.3 Å². The molecule has 0 radical (unpaired) electrons. The average Bonchev–Trinajstić information content (AvgIpc) is 2.83. The number of carbonyl (C=O) groups is 2. The minimum Gasteiger partial charge on any atom is -0.364 e. The number of anilines is 2. The summed E-state index contributed by atoms with van der Waals surface area (Å²) < 4.78 is 0. The summed E-state index contributed by atoms with van der Waals surface area (Å²) in [5.41, 5.74) is 12.4. The van der Waals surface area contributed by atoms with E-state index in [-0.39, 0.29) is 11.6 Å². The van der Waals surface area contributed by atoms with E-state index in [0.717, 1.165) is 11.3 Å². The molecule has 12 nitrogen and oxygen atoms in total. The van der Waals surface area contributed by atoms with Crippen molar-refractivity contribution in [2.45, 2.75) is 13.0 Å². The molecule has 0 spiro atoms. The Hall–Kier alpha value is -4.16. The topological polar surface area (TPSA) is 191 Å². The van der Waals surface area contributed by atoms with Gasteiger partial charge in [-0.2, -0.15) is 5.10 Å². The summed E-state index contributed by atoms with van der Waals surface area (Å²) in [6.07, 6.45) is 0.714. The second-order valence-electron chi connectivity index (χ2n) is 6.50. The summed E-state index contributed by atoms with van der Waals surface area (Å²) in [5.74, 6) is 10.7. The molecule has 0 bridgehead atoms. The molecular weight excluding hydrogens is 400 g/mol. The Bertz CT molecular complexity index is 1040. The highest BCUT2D eigenvalue weighted by atomic mass is 16.2. The van der Waals surface area contributed by atoms with Crippen LogP contribution in [0.1, 0.15) is 32.1 Å². The highest BCUT2D eigenvalue weighted by Crippen LogP contribution is 2.20. The fourth-order valence-corrected chi connectivity index (χ4v) is 2.88. The maximum absolute atomic E-state index is 12.4. The molecule has 0 saturated carbocycles. The summed E-state index contributed by atoms with van der Waals surface area (Å²) >= 11 is 0. The maximum atomic E-state index is 12.4. The predicted octanol–water partition coefficient (Wildman–Crippen LogP) is -0.178. The van der Waals surface area contributed by atoms with E-state index in [1.54, 1.807) is 0 Å². The lowest BCUT2D eigenvalue weighted by atomic mass is 10.1. The smallest absolute Gasteiger partial charge is 0.269 e. The largest absolute Gasteiger partial charge is 0.364 e. The number of hydrogen-bond donors (Lipinski definition) is 5. The van der Waals surface area contributed by atoms with Gasteiger partial charge < -0.3 is 21.5 Å². The van der Waals surface area contributed by atoms with Gasteiger partial charge in [0.2, 0.25) is 0 Å². The number of carbonyl (C=O) groups excluding carboxylic acids is 2. The van der Waals surface area contributed by atoms with E-state index in [1.807, 2.05) is 41.3 Å². The number of hydrazine groups is 2. The SMILES string of the molecule is NNc1cc2c(nn1)CCN(C(=O)c1ccccc1)C2.NNc1ccc(C(N)=O)nn1. The van der Waals surface area contributed by atoms with E-state index in [0.29, 0.717) is 36.7 Å². The van der Waals surface area contributed by atoms with Crippen LogP contribution < -0.4 is 28.3 Å². The Labute approximate surface area is 177 Å². The molecule has 8 N–H and O–H groups in total. The number of nitrogens with two attached hydrogens (primary N) is 3. The van der Waals surface area contributed by atoms with Gasteiger partial charge in [-0.05, 0) is 35.9 Å². The molecule has 1 aliphatic rings. The average molecular weight is 422 g/mol. The number of nitrogens with one attached hydrogen (secondary N) is 2. The number of amides is 2. The van der Waals surface area contributed by atoms with Crippen molar-refractivity contribution in [3.05, 3.63) is 71.0 Å². The first-order chi connectivity index (χ1) is 15.0. The maximum Gasteiger partial charge on any atom is 0.269 e. The molecule has 3 aromatic rings. The van der Waals surface area contributed by atoms with E-state index < -0.39 is 5.91 Å². The molecule has 0 unspecified atom stereocenters. The number of rotatable bonds is 4. The third-order valence-electron chi connectivity index (χ3n) is 4.46. The lowest BCUT2D eigenvalue weighted by Crippen LogP contribution is -2.36. The first kappa shape index (κ1) is 21.5. The van der Waals surface area contributed by atoms with Crippen molar-refractivity contribution in [3.63, 3.8) is 0 Å². The molecule has 2 aromatic heterocycles. The van der Waals surface area contributed by atoms with Crippen LogP contribution in [-0.4, -0.2) is 43.7 Å². The minimum absolute atomic E-state index is 0.0373. The molecular formula is C19H22N10O2. The zero-order valence-corrected chi connectivity index (χ0v) is 16.5. The monoisotopic (exact) mass is 422 g/mol. The first-order valence-electron chi connectivity index (χ1n) is 9.28. The van der Waals surface area contributed by atoms with Crippen LogP contribution in [0.2, 0.25) is 0 Å². The van der Waals surface area contributed by atoms with Crippen LogP contribution in [0, 0.1) is 0 Å². The van der Waals surface area contributed by atoms with Crippen molar-refractivity contribution < 1.29 is 9.59 Å². The number of hydrogen-bond acceptors (Lipinski definition) is 10. The van der Waals surface area contributed by atoms with Gasteiger partial charge in [-0.1, -0.05) is 18.2 Å². The van der Waals surface area contributed by atoms with Gasteiger partial charge in [-0.25, -0.2) is 11.7 Å². The van der Waals surface area contributed by atoms with Gasteiger partial charge in [0.15, 0.2) is 17.3 Å². The van der Waals surface area contributed by atoms with Crippen molar-refractivity contribution >= 4 is 23.5 Å². The first-order valence-corrected chi connectivity index (χ1v) is 9.28. The Morgan fingerprint density at radius 2 is 1.61 bits per heavy atom. The van der Waals surface area contributed by atoms with Crippen LogP contribution in [0.4, 0.5) is 11.6 Å². The highest BCUT2D eigenvalue weighted by Gasteiger charge is 2.23. The molecule has 12 heteroatoms. The van der Waals surface area contributed by atoms with Crippen molar-refractivity contribution in [2.24, 2.45) is 17.4 Å². The minimum atomic E-state index is -0.610. The second-order valence-corrected chi connectivity index (χ2v) is 6.50. The van der Waals surface area contributed by atoms with Gasteiger partial charge in [0.1, 0.15) is 0 Å². The number of primary amides is 1.